The van der Waals surface area contributed by atoms with Crippen molar-refractivity contribution < 1.29 is 9.13 Å². The SMILES string of the molecule is Cn1cc(CCOc2nc(N3CC4CCC(C3)N4)c3cnc(-c4cccc5cccc(Cl)c45)c(F)c3n2)cn1. The molecule has 1 N–H and O–H groups in total. The standard InChI is InChI=1S/C29H27ClFN7O/c1-37-14-17(12-33-37)10-11-39-29-35-27-22(28(36-29)38-15-19-8-9-20(16-38)34-19)13-32-26(25(27)31)21-6-2-4-18-5-3-7-23(30)24(18)21/h2-7,12-14,19-20,34H,8-11,15-16H2,1H3. The Kier molecular flexibility index (Phi) is 6.05. The van der Waals surface area contributed by atoms with Crippen LogP contribution in [0.25, 0.3) is 32.9 Å². The van der Waals surface area contributed by atoms with Crippen LogP contribution in [0.4, 0.5) is 10.2 Å². The molecule has 2 aliphatic rings. The summed E-state index contributed by atoms with van der Waals surface area (Å²) in [6.07, 6.45) is 8.32. The Bertz CT molecular complexity index is 1690. The average molecular weight is 544 g/mol. The number of rotatable bonds is 6. The van der Waals surface area contributed by atoms with Gasteiger partial charge in [-0.25, -0.2) is 4.39 Å². The van der Waals surface area contributed by atoms with Crippen LogP contribution in [0, 0.1) is 5.82 Å². The van der Waals surface area contributed by atoms with Crippen molar-refractivity contribution in [3.63, 3.8) is 0 Å². The molecule has 0 saturated carbocycles. The summed E-state index contributed by atoms with van der Waals surface area (Å²) in [5, 5.41) is 10.6. The van der Waals surface area contributed by atoms with E-state index in [4.69, 9.17) is 21.3 Å². The largest absolute Gasteiger partial charge is 0.463 e. The number of aromatic nitrogens is 5. The fourth-order valence-corrected chi connectivity index (χ4v) is 6.12. The summed E-state index contributed by atoms with van der Waals surface area (Å²) in [5.41, 5.74) is 2.06. The van der Waals surface area contributed by atoms with E-state index in [9.17, 15) is 0 Å². The van der Waals surface area contributed by atoms with Gasteiger partial charge in [0.25, 0.3) is 0 Å². The summed E-state index contributed by atoms with van der Waals surface area (Å²) in [6.45, 7) is 1.93. The summed E-state index contributed by atoms with van der Waals surface area (Å²) < 4.78 is 24.2. The number of hydrogen-bond acceptors (Lipinski definition) is 7. The number of hydrogen-bond donors (Lipinski definition) is 1. The van der Waals surface area contributed by atoms with Gasteiger partial charge in [-0.05, 0) is 29.9 Å². The first-order valence-corrected chi connectivity index (χ1v) is 13.6. The van der Waals surface area contributed by atoms with Crippen molar-refractivity contribution in [2.24, 2.45) is 7.05 Å². The van der Waals surface area contributed by atoms with Gasteiger partial charge in [0.15, 0.2) is 5.82 Å². The zero-order chi connectivity index (χ0) is 26.5. The predicted octanol–water partition coefficient (Wildman–Crippen LogP) is 4.93. The molecule has 2 aliphatic heterocycles. The van der Waals surface area contributed by atoms with Crippen LogP contribution in [-0.2, 0) is 13.5 Å². The number of aryl methyl sites for hydroxylation is 1. The minimum atomic E-state index is -0.515. The molecule has 7 rings (SSSR count). The molecule has 2 atom stereocenters. The molecule has 2 fully saturated rings. The van der Waals surface area contributed by atoms with Gasteiger partial charge in [0.05, 0.1) is 18.2 Å². The lowest BCUT2D eigenvalue weighted by Gasteiger charge is -2.34. The fraction of sp³-hybridized carbons (Fsp3) is 0.310. The molecule has 2 unspecified atom stereocenters. The number of halogens is 2. The molecule has 39 heavy (non-hydrogen) atoms. The van der Waals surface area contributed by atoms with E-state index in [1.165, 1.54) is 0 Å². The topological polar surface area (TPSA) is 81.0 Å². The second-order valence-electron chi connectivity index (χ2n) is 10.3. The summed E-state index contributed by atoms with van der Waals surface area (Å²) in [4.78, 5) is 16.2. The van der Waals surface area contributed by atoms with Crippen molar-refractivity contribution in [2.45, 2.75) is 31.3 Å². The van der Waals surface area contributed by atoms with E-state index in [2.05, 4.69) is 25.3 Å². The second kappa shape index (κ2) is 9.73. The third-order valence-electron chi connectivity index (χ3n) is 7.65. The Morgan fingerprint density at radius 1 is 1.08 bits per heavy atom. The van der Waals surface area contributed by atoms with Crippen molar-refractivity contribution in [3.8, 4) is 17.3 Å². The summed E-state index contributed by atoms with van der Waals surface area (Å²) >= 11 is 6.56. The van der Waals surface area contributed by atoms with Gasteiger partial charge in [-0.15, -0.1) is 0 Å². The minimum absolute atomic E-state index is 0.152. The number of anilines is 1. The second-order valence-corrected chi connectivity index (χ2v) is 10.7. The Morgan fingerprint density at radius 3 is 2.64 bits per heavy atom. The summed E-state index contributed by atoms with van der Waals surface area (Å²) in [7, 11) is 1.88. The molecular weight excluding hydrogens is 517 g/mol. The molecule has 0 radical (unpaired) electrons. The van der Waals surface area contributed by atoms with Crippen LogP contribution < -0.4 is 15.0 Å². The minimum Gasteiger partial charge on any atom is -0.463 e. The van der Waals surface area contributed by atoms with E-state index in [-0.39, 0.29) is 17.2 Å². The van der Waals surface area contributed by atoms with Crippen molar-refractivity contribution in [2.75, 3.05) is 24.6 Å². The zero-order valence-corrected chi connectivity index (χ0v) is 22.2. The van der Waals surface area contributed by atoms with E-state index in [0.717, 1.165) is 42.3 Å². The highest BCUT2D eigenvalue weighted by atomic mass is 35.5. The van der Waals surface area contributed by atoms with E-state index < -0.39 is 5.82 Å². The van der Waals surface area contributed by atoms with Crippen LogP contribution in [0.1, 0.15) is 18.4 Å². The maximum absolute atomic E-state index is 16.4. The van der Waals surface area contributed by atoms with E-state index in [1.54, 1.807) is 23.1 Å². The number of pyridine rings is 1. The fourth-order valence-electron chi connectivity index (χ4n) is 5.84. The summed E-state index contributed by atoms with van der Waals surface area (Å²) in [5.74, 6) is 0.141. The Morgan fingerprint density at radius 2 is 1.87 bits per heavy atom. The summed E-state index contributed by atoms with van der Waals surface area (Å²) in [6, 6.07) is 12.2. The lowest BCUT2D eigenvalue weighted by molar-refractivity contribution is 0.297. The van der Waals surface area contributed by atoms with Crippen LogP contribution in [0.2, 0.25) is 5.02 Å². The number of fused-ring (bicyclic) bond motifs is 4. The molecule has 3 aromatic heterocycles. The molecule has 0 aliphatic carbocycles. The van der Waals surface area contributed by atoms with Gasteiger partial charge in [0.1, 0.15) is 17.0 Å². The number of nitrogens with zero attached hydrogens (tertiary/aromatic N) is 6. The number of nitrogens with one attached hydrogen (secondary N) is 1. The first-order chi connectivity index (χ1) is 19.0. The third kappa shape index (κ3) is 4.45. The van der Waals surface area contributed by atoms with Crippen molar-refractivity contribution in [3.05, 3.63) is 71.4 Å². The molecule has 2 aromatic carbocycles. The highest BCUT2D eigenvalue weighted by Gasteiger charge is 2.34. The van der Waals surface area contributed by atoms with Gasteiger partial charge in [0.2, 0.25) is 0 Å². The van der Waals surface area contributed by atoms with Gasteiger partial charge in [0, 0.05) is 67.0 Å². The molecule has 0 amide bonds. The van der Waals surface area contributed by atoms with Gasteiger partial charge in [-0.2, -0.15) is 15.1 Å². The molecule has 0 spiro atoms. The Hall–Kier alpha value is -3.82. The lowest BCUT2D eigenvalue weighted by Crippen LogP contribution is -2.51. The van der Waals surface area contributed by atoms with Crippen molar-refractivity contribution in [1.82, 2.24) is 30.0 Å². The van der Waals surface area contributed by atoms with E-state index in [1.807, 2.05) is 43.6 Å². The third-order valence-corrected chi connectivity index (χ3v) is 7.96. The molecule has 8 nitrogen and oxygen atoms in total. The van der Waals surface area contributed by atoms with Gasteiger partial charge in [-0.1, -0.05) is 41.9 Å². The quantitative estimate of drug-likeness (QED) is 0.325. The normalized spacial score (nSPS) is 18.8. The first-order valence-electron chi connectivity index (χ1n) is 13.2. The molecule has 5 heterocycles. The van der Waals surface area contributed by atoms with Crippen LogP contribution in [0.3, 0.4) is 0 Å². The molecule has 5 aromatic rings. The van der Waals surface area contributed by atoms with E-state index >= 15 is 4.39 Å². The van der Waals surface area contributed by atoms with Gasteiger partial charge >= 0.3 is 6.01 Å². The monoisotopic (exact) mass is 543 g/mol. The van der Waals surface area contributed by atoms with Crippen LogP contribution in [0.15, 0.2) is 55.0 Å². The average Bonchev–Trinajstić information content (AvgIpc) is 3.51. The Balaban J connectivity index is 1.33. The van der Waals surface area contributed by atoms with Gasteiger partial charge < -0.3 is 15.0 Å². The zero-order valence-electron chi connectivity index (χ0n) is 21.4. The molecule has 2 bridgehead atoms. The lowest BCUT2D eigenvalue weighted by atomic mass is 10.0. The number of piperazine rings is 1. The van der Waals surface area contributed by atoms with Crippen molar-refractivity contribution >= 4 is 39.1 Å². The Labute approximate surface area is 229 Å². The number of benzene rings is 2. The molecular formula is C29H27ClFN7O. The molecule has 198 valence electrons. The molecule has 10 heteroatoms. The van der Waals surface area contributed by atoms with Crippen LogP contribution in [0.5, 0.6) is 6.01 Å². The van der Waals surface area contributed by atoms with Crippen LogP contribution in [-0.4, -0.2) is 56.5 Å². The first kappa shape index (κ1) is 24.2. The predicted molar refractivity (Wildman–Crippen MR) is 150 cm³/mol. The van der Waals surface area contributed by atoms with Gasteiger partial charge in [-0.3, -0.25) is 9.67 Å². The van der Waals surface area contributed by atoms with E-state index in [0.29, 0.717) is 46.9 Å². The maximum Gasteiger partial charge on any atom is 0.319 e. The smallest absolute Gasteiger partial charge is 0.319 e. The van der Waals surface area contributed by atoms with Crippen LogP contribution >= 0.6 is 11.6 Å². The highest BCUT2D eigenvalue weighted by Crippen LogP contribution is 2.38. The maximum atomic E-state index is 16.4. The molecule has 2 saturated heterocycles. The number of ether oxygens (including phenoxy) is 1. The van der Waals surface area contributed by atoms with Crippen molar-refractivity contribution in [1.29, 1.82) is 0 Å². The highest BCUT2D eigenvalue weighted by molar-refractivity contribution is 6.36.